The molecule has 3 N–H and O–H groups in total. The predicted octanol–water partition coefficient (Wildman–Crippen LogP) is 5.69. The van der Waals surface area contributed by atoms with Crippen molar-refractivity contribution in [2.24, 2.45) is 5.73 Å². The van der Waals surface area contributed by atoms with Crippen molar-refractivity contribution in [3.8, 4) is 11.3 Å². The van der Waals surface area contributed by atoms with Gasteiger partial charge in [-0.1, -0.05) is 54.1 Å². The first-order chi connectivity index (χ1) is 14.7. The van der Waals surface area contributed by atoms with E-state index in [4.69, 9.17) is 17.3 Å². The van der Waals surface area contributed by atoms with Gasteiger partial charge in [0.1, 0.15) is 5.82 Å². The van der Waals surface area contributed by atoms with Gasteiger partial charge in [0, 0.05) is 17.0 Å². The quantitative estimate of drug-likeness (QED) is 0.485. The number of aromatic amines is 1. The zero-order valence-electron chi connectivity index (χ0n) is 17.9. The zero-order chi connectivity index (χ0) is 22.2. The molecule has 2 atom stereocenters. The van der Waals surface area contributed by atoms with E-state index in [9.17, 15) is 4.79 Å². The molecule has 2 aromatic carbocycles. The lowest BCUT2D eigenvalue weighted by atomic mass is 10.0. The smallest absolute Gasteiger partial charge is 0.234 e. The fraction of sp³-hybridized carbons (Fsp3) is 0.333. The minimum Gasteiger partial charge on any atom is -0.341 e. The van der Waals surface area contributed by atoms with Crippen molar-refractivity contribution in [1.82, 2.24) is 14.3 Å². The van der Waals surface area contributed by atoms with Crippen LogP contribution in [0.1, 0.15) is 55.4 Å². The molecule has 0 saturated carbocycles. The SMILES string of the molecule is CC(C)(C)N1SC(c2ccc(C[C@H](N)c3ncc(-c4ccccc4)[nH]3)cc2Cl)CC1=O. The number of rotatable bonds is 5. The normalized spacial score (nSPS) is 17.9. The molecule has 7 heteroatoms. The van der Waals surface area contributed by atoms with Gasteiger partial charge in [-0.15, -0.1) is 0 Å². The van der Waals surface area contributed by atoms with Crippen molar-refractivity contribution < 1.29 is 4.79 Å². The van der Waals surface area contributed by atoms with Crippen LogP contribution in [0.5, 0.6) is 0 Å². The molecule has 162 valence electrons. The van der Waals surface area contributed by atoms with E-state index in [-0.39, 0.29) is 22.7 Å². The second kappa shape index (κ2) is 8.69. The fourth-order valence-electron chi connectivity index (χ4n) is 3.76. The highest BCUT2D eigenvalue weighted by Crippen LogP contribution is 2.47. The number of carbonyl (C=O) groups is 1. The maximum absolute atomic E-state index is 12.4. The second-order valence-corrected chi connectivity index (χ2v) is 10.4. The molecule has 0 aliphatic carbocycles. The highest BCUT2D eigenvalue weighted by molar-refractivity contribution is 7.98. The van der Waals surface area contributed by atoms with E-state index in [0.29, 0.717) is 17.9 Å². The van der Waals surface area contributed by atoms with Crippen LogP contribution >= 0.6 is 23.5 Å². The third kappa shape index (κ3) is 4.81. The molecule has 0 bridgehead atoms. The molecule has 5 nitrogen and oxygen atoms in total. The molecular weight excluding hydrogens is 428 g/mol. The van der Waals surface area contributed by atoms with Crippen LogP contribution in [0, 0.1) is 0 Å². The van der Waals surface area contributed by atoms with Crippen molar-refractivity contribution in [2.45, 2.75) is 50.4 Å². The van der Waals surface area contributed by atoms with E-state index >= 15 is 0 Å². The van der Waals surface area contributed by atoms with Gasteiger partial charge >= 0.3 is 0 Å². The van der Waals surface area contributed by atoms with Crippen LogP contribution in [0.15, 0.2) is 54.7 Å². The third-order valence-electron chi connectivity index (χ3n) is 5.33. The van der Waals surface area contributed by atoms with Gasteiger partial charge in [-0.05, 0) is 61.9 Å². The Morgan fingerprint density at radius 1 is 1.26 bits per heavy atom. The minimum atomic E-state index is -0.266. The molecule has 1 fully saturated rings. The topological polar surface area (TPSA) is 75.0 Å². The Balaban J connectivity index is 1.45. The lowest BCUT2D eigenvalue weighted by Crippen LogP contribution is -2.37. The molecule has 1 aromatic heterocycles. The standard InChI is InChI=1S/C24H27ClN4OS/c1-24(2,3)29-22(30)13-21(31-29)17-10-9-15(11-18(17)25)12-19(26)23-27-14-20(28-23)16-7-5-4-6-8-16/h4-11,14,19,21H,12-13,26H2,1-3H3,(H,27,28)/t19-,21?/m0/s1. The molecule has 4 rings (SSSR count). The van der Waals surface area contributed by atoms with Crippen LogP contribution in [0.3, 0.4) is 0 Å². The van der Waals surface area contributed by atoms with E-state index in [1.54, 1.807) is 11.9 Å². The number of imidazole rings is 1. The molecule has 1 saturated heterocycles. The largest absolute Gasteiger partial charge is 0.341 e. The van der Waals surface area contributed by atoms with Gasteiger partial charge in [-0.25, -0.2) is 4.98 Å². The number of halogens is 1. The van der Waals surface area contributed by atoms with Crippen LogP contribution in [0.4, 0.5) is 0 Å². The van der Waals surface area contributed by atoms with Gasteiger partial charge in [0.15, 0.2) is 0 Å². The number of nitrogens with two attached hydrogens (primary N) is 1. The maximum Gasteiger partial charge on any atom is 0.234 e. The van der Waals surface area contributed by atoms with Crippen molar-refractivity contribution in [3.05, 3.63) is 76.7 Å². The van der Waals surface area contributed by atoms with Crippen molar-refractivity contribution >= 4 is 29.5 Å². The number of aromatic nitrogens is 2. The molecule has 1 amide bonds. The number of carbonyl (C=O) groups excluding carboxylic acids is 1. The van der Waals surface area contributed by atoms with Gasteiger partial charge in [0.05, 0.1) is 23.2 Å². The van der Waals surface area contributed by atoms with Crippen molar-refractivity contribution in [3.63, 3.8) is 0 Å². The first-order valence-electron chi connectivity index (χ1n) is 10.4. The second-order valence-electron chi connectivity index (χ2n) is 8.87. The van der Waals surface area contributed by atoms with Crippen molar-refractivity contribution in [1.29, 1.82) is 0 Å². The van der Waals surface area contributed by atoms with Gasteiger partial charge in [0.2, 0.25) is 5.91 Å². The molecule has 0 spiro atoms. The average Bonchev–Trinajstić information content (AvgIpc) is 3.36. The van der Waals surface area contributed by atoms with Crippen LogP contribution in [0.2, 0.25) is 5.02 Å². The van der Waals surface area contributed by atoms with Crippen molar-refractivity contribution in [2.75, 3.05) is 0 Å². The number of benzene rings is 2. The summed E-state index contributed by atoms with van der Waals surface area (Å²) in [4.78, 5) is 20.2. The molecule has 1 unspecified atom stereocenters. The summed E-state index contributed by atoms with van der Waals surface area (Å²) < 4.78 is 1.86. The Hall–Kier alpha value is -2.28. The van der Waals surface area contributed by atoms with E-state index in [2.05, 4.69) is 9.97 Å². The average molecular weight is 455 g/mol. The predicted molar refractivity (Wildman–Crippen MR) is 128 cm³/mol. The molecule has 1 aliphatic rings. The molecule has 3 aromatic rings. The first kappa shape index (κ1) is 21.9. The summed E-state index contributed by atoms with van der Waals surface area (Å²) >= 11 is 8.20. The Morgan fingerprint density at radius 3 is 2.65 bits per heavy atom. The van der Waals surface area contributed by atoms with Crippen LogP contribution in [0.25, 0.3) is 11.3 Å². The number of nitrogens with zero attached hydrogens (tertiary/aromatic N) is 2. The summed E-state index contributed by atoms with van der Waals surface area (Å²) in [7, 11) is 0. The fourth-order valence-corrected chi connectivity index (χ4v) is 5.46. The lowest BCUT2D eigenvalue weighted by molar-refractivity contribution is -0.127. The Kier molecular flexibility index (Phi) is 6.15. The Labute approximate surface area is 192 Å². The van der Waals surface area contributed by atoms with E-state index in [0.717, 1.165) is 28.2 Å². The summed E-state index contributed by atoms with van der Waals surface area (Å²) in [6.45, 7) is 6.14. The number of amides is 1. The summed E-state index contributed by atoms with van der Waals surface area (Å²) in [6.07, 6.45) is 2.90. The molecular formula is C24H27ClN4OS. The van der Waals surface area contributed by atoms with E-state index < -0.39 is 0 Å². The number of hydrogen-bond donors (Lipinski definition) is 2. The maximum atomic E-state index is 12.4. The molecule has 1 aliphatic heterocycles. The van der Waals surface area contributed by atoms with Crippen LogP contribution in [-0.4, -0.2) is 25.7 Å². The number of H-pyrrole nitrogens is 1. The Morgan fingerprint density at radius 2 is 2.00 bits per heavy atom. The molecule has 2 heterocycles. The minimum absolute atomic E-state index is 0.0421. The van der Waals surface area contributed by atoms with Crippen LogP contribution in [-0.2, 0) is 11.2 Å². The monoisotopic (exact) mass is 454 g/mol. The molecule has 31 heavy (non-hydrogen) atoms. The summed E-state index contributed by atoms with van der Waals surface area (Å²) in [6, 6.07) is 15.8. The number of hydrogen-bond acceptors (Lipinski definition) is 4. The highest BCUT2D eigenvalue weighted by Gasteiger charge is 2.38. The lowest BCUT2D eigenvalue weighted by Gasteiger charge is -2.30. The summed E-state index contributed by atoms with van der Waals surface area (Å²) in [5, 5.41) is 0.718. The van der Waals surface area contributed by atoms with Gasteiger partial charge in [0.25, 0.3) is 0 Å². The number of nitrogens with one attached hydrogen (secondary N) is 1. The first-order valence-corrected chi connectivity index (χ1v) is 11.6. The van der Waals surface area contributed by atoms with Gasteiger partial charge in [-0.2, -0.15) is 0 Å². The van der Waals surface area contributed by atoms with Gasteiger partial charge in [-0.3, -0.25) is 9.10 Å². The van der Waals surface area contributed by atoms with E-state index in [1.165, 1.54) is 0 Å². The Bertz CT molecular complexity index is 1080. The highest BCUT2D eigenvalue weighted by atomic mass is 35.5. The van der Waals surface area contributed by atoms with E-state index in [1.807, 2.05) is 79.8 Å². The molecule has 0 radical (unpaired) electrons. The third-order valence-corrected chi connectivity index (χ3v) is 7.29. The zero-order valence-corrected chi connectivity index (χ0v) is 19.5. The summed E-state index contributed by atoms with van der Waals surface area (Å²) in [5.74, 6) is 0.897. The summed E-state index contributed by atoms with van der Waals surface area (Å²) in [5.41, 5.74) is 10.3. The van der Waals surface area contributed by atoms with Crippen LogP contribution < -0.4 is 5.73 Å². The van der Waals surface area contributed by atoms with Gasteiger partial charge < -0.3 is 10.7 Å².